The molecule has 0 fully saturated rings. The van der Waals surface area contributed by atoms with Gasteiger partial charge in [0.1, 0.15) is 32.6 Å². The first-order valence-corrected chi connectivity index (χ1v) is 24.7. The van der Waals surface area contributed by atoms with Crippen LogP contribution in [0.5, 0.6) is 17.2 Å². The third kappa shape index (κ3) is 11.5. The number of sulfonamides is 2. The molecule has 68 heavy (non-hydrogen) atoms. The number of rotatable bonds is 19. The molecule has 0 saturated heterocycles. The molecule has 7 rings (SSSR count). The monoisotopic (exact) mass is 985 g/mol. The molecule has 2 heterocycles. The topological polar surface area (TPSA) is 252 Å². The lowest BCUT2D eigenvalue weighted by Gasteiger charge is -2.27. The van der Waals surface area contributed by atoms with Crippen molar-refractivity contribution in [1.82, 2.24) is 39.5 Å². The van der Waals surface area contributed by atoms with Crippen molar-refractivity contribution in [2.45, 2.75) is 61.8 Å². The summed E-state index contributed by atoms with van der Waals surface area (Å²) in [6, 6.07) is 27.2. The number of carbonyl (C=O) groups excluding carboxylic acids is 1. The van der Waals surface area contributed by atoms with Crippen molar-refractivity contribution in [3.63, 3.8) is 0 Å². The molecular formula is C46H51N9O10S3. The summed E-state index contributed by atoms with van der Waals surface area (Å²) in [5.41, 5.74) is 7.99. The van der Waals surface area contributed by atoms with E-state index in [1.165, 1.54) is 42.5 Å². The average Bonchev–Trinajstić information content (AvgIpc) is 3.95. The van der Waals surface area contributed by atoms with Crippen molar-refractivity contribution < 1.29 is 45.7 Å². The van der Waals surface area contributed by atoms with E-state index < -0.39 is 60.7 Å². The number of nitrogen functional groups attached to an aromatic ring is 1. The van der Waals surface area contributed by atoms with E-state index in [0.29, 0.717) is 44.2 Å². The summed E-state index contributed by atoms with van der Waals surface area (Å²) in [6.07, 6.45) is -0.863. The van der Waals surface area contributed by atoms with Crippen LogP contribution in [0.2, 0.25) is 0 Å². The van der Waals surface area contributed by atoms with Crippen LogP contribution in [0, 0.1) is 0 Å². The number of hydrogen-bond donors (Lipinski definition) is 4. The molecule has 5 N–H and O–H groups in total. The number of alkyl carbamates (subject to hydrolysis) is 1. The Morgan fingerprint density at radius 1 is 0.809 bits per heavy atom. The molecular weight excluding hydrogens is 935 g/mol. The molecule has 22 heteroatoms. The predicted molar refractivity (Wildman–Crippen MR) is 256 cm³/mol. The van der Waals surface area contributed by atoms with E-state index in [4.69, 9.17) is 29.8 Å². The number of nitrogens with zero attached hydrogens (tertiary/aromatic N) is 6. The Hall–Kier alpha value is -6.69. The van der Waals surface area contributed by atoms with Gasteiger partial charge in [-0.25, -0.2) is 31.3 Å². The van der Waals surface area contributed by atoms with Crippen LogP contribution in [-0.2, 0) is 44.4 Å². The Morgan fingerprint density at radius 2 is 1.38 bits per heavy atom. The fourth-order valence-corrected chi connectivity index (χ4v) is 11.5. The summed E-state index contributed by atoms with van der Waals surface area (Å²) in [6.45, 7) is 3.36. The number of ether oxygens (including phenoxy) is 4. The second kappa shape index (κ2) is 20.7. The number of aliphatic hydroxyl groups is 1. The van der Waals surface area contributed by atoms with Crippen LogP contribution >= 0.6 is 11.3 Å². The summed E-state index contributed by atoms with van der Waals surface area (Å²) in [4.78, 5) is 17.1. The number of amides is 1. The zero-order chi connectivity index (χ0) is 48.8. The highest BCUT2D eigenvalue weighted by molar-refractivity contribution is 7.92. The number of aromatic nitrogens is 5. The molecule has 0 aliphatic carbocycles. The van der Waals surface area contributed by atoms with Crippen LogP contribution < -0.4 is 30.0 Å². The van der Waals surface area contributed by atoms with E-state index in [1.807, 2.05) is 6.07 Å². The van der Waals surface area contributed by atoms with Crippen molar-refractivity contribution in [1.29, 1.82) is 0 Å². The first kappa shape index (κ1) is 49.2. The number of benzene rings is 5. The van der Waals surface area contributed by atoms with Crippen molar-refractivity contribution in [3.8, 4) is 39.8 Å². The molecule has 19 nitrogen and oxygen atoms in total. The maximum Gasteiger partial charge on any atom is 0.407 e. The van der Waals surface area contributed by atoms with Gasteiger partial charge in [0.2, 0.25) is 25.9 Å². The Kier molecular flexibility index (Phi) is 15.0. The minimum atomic E-state index is -5.02. The number of methoxy groups -OCH3 is 3. The second-order valence-electron chi connectivity index (χ2n) is 16.4. The average molecular weight is 986 g/mol. The van der Waals surface area contributed by atoms with Gasteiger partial charge in [0.15, 0.2) is 5.13 Å². The normalized spacial score (nSPS) is 12.5. The molecule has 0 aliphatic rings. The fourth-order valence-electron chi connectivity index (χ4n) is 7.14. The molecule has 1 atom stereocenters. The van der Waals surface area contributed by atoms with Gasteiger partial charge in [-0.05, 0) is 96.8 Å². The van der Waals surface area contributed by atoms with Crippen LogP contribution in [0.1, 0.15) is 37.5 Å². The molecule has 358 valence electrons. The third-order valence-electron chi connectivity index (χ3n) is 10.4. The summed E-state index contributed by atoms with van der Waals surface area (Å²) in [5.74, 6) is 1.46. The van der Waals surface area contributed by atoms with E-state index in [1.54, 1.807) is 113 Å². The van der Waals surface area contributed by atoms with Crippen LogP contribution in [-0.4, -0.2) is 104 Å². The van der Waals surface area contributed by atoms with E-state index >= 15 is 8.42 Å². The second-order valence-corrected chi connectivity index (χ2v) is 21.0. The molecule has 7 aromatic rings. The van der Waals surface area contributed by atoms with Crippen LogP contribution in [0.4, 0.5) is 9.93 Å². The van der Waals surface area contributed by atoms with Crippen molar-refractivity contribution in [3.05, 3.63) is 120 Å². The largest absolute Gasteiger partial charge is 0.497 e. The van der Waals surface area contributed by atoms with Crippen molar-refractivity contribution >= 4 is 52.8 Å². The highest BCUT2D eigenvalue weighted by Gasteiger charge is 2.39. The van der Waals surface area contributed by atoms with Gasteiger partial charge in [-0.3, -0.25) is 0 Å². The van der Waals surface area contributed by atoms with E-state index in [9.17, 15) is 18.3 Å². The van der Waals surface area contributed by atoms with Gasteiger partial charge < -0.3 is 35.1 Å². The Balaban J connectivity index is 1.48. The molecule has 0 spiro atoms. The summed E-state index contributed by atoms with van der Waals surface area (Å²) in [5, 5.41) is 26.6. The first-order valence-electron chi connectivity index (χ1n) is 21.0. The van der Waals surface area contributed by atoms with Gasteiger partial charge in [0.05, 0.1) is 56.3 Å². The zero-order valence-electron chi connectivity index (χ0n) is 38.0. The smallest absolute Gasteiger partial charge is 0.407 e. The van der Waals surface area contributed by atoms with Gasteiger partial charge in [-0.15, -0.1) is 10.2 Å². The molecule has 5 aromatic carbocycles. The SMILES string of the molecule is COc1ccc(CN(Cc2ccc(OC)cc2)S(=O)(=O)c2c(S(=O)(=O)N[C@@H](CO)CNC(=O)OC(C)(C)C)ccc(-c3cccc4sc(N)nc34)c2-c2nnn(Cc3ccc(OC)cc3)n2)cc1. The quantitative estimate of drug-likeness (QED) is 0.0744. The van der Waals surface area contributed by atoms with Gasteiger partial charge in [0.25, 0.3) is 0 Å². The van der Waals surface area contributed by atoms with E-state index in [-0.39, 0.29) is 41.7 Å². The Labute approximate surface area is 397 Å². The summed E-state index contributed by atoms with van der Waals surface area (Å²) in [7, 11) is -5.40. The minimum Gasteiger partial charge on any atom is -0.497 e. The predicted octanol–water partition coefficient (Wildman–Crippen LogP) is 5.83. The molecule has 0 aliphatic heterocycles. The summed E-state index contributed by atoms with van der Waals surface area (Å²) >= 11 is 1.22. The zero-order valence-corrected chi connectivity index (χ0v) is 40.5. The van der Waals surface area contributed by atoms with Crippen molar-refractivity contribution in [2.75, 3.05) is 40.2 Å². The summed E-state index contributed by atoms with van der Waals surface area (Å²) < 4.78 is 87.8. The van der Waals surface area contributed by atoms with Crippen LogP contribution in [0.25, 0.3) is 32.7 Å². The lowest BCUT2D eigenvalue weighted by molar-refractivity contribution is 0.0519. The number of para-hydroxylation sites is 1. The van der Waals surface area contributed by atoms with Gasteiger partial charge in [-0.2, -0.15) is 9.10 Å². The van der Waals surface area contributed by atoms with E-state index in [2.05, 4.69) is 25.3 Å². The molecule has 1 amide bonds. The number of fused-ring (bicyclic) bond motifs is 1. The molecule has 0 unspecified atom stereocenters. The van der Waals surface area contributed by atoms with Crippen LogP contribution in [0.15, 0.2) is 113 Å². The Bertz CT molecular complexity index is 3050. The lowest BCUT2D eigenvalue weighted by atomic mass is 9.98. The lowest BCUT2D eigenvalue weighted by Crippen LogP contribution is -2.47. The molecule has 0 radical (unpaired) electrons. The number of carbonyl (C=O) groups is 1. The minimum absolute atomic E-state index is 0.0933. The van der Waals surface area contributed by atoms with Gasteiger partial charge in [-0.1, -0.05) is 65.9 Å². The maximum atomic E-state index is 16.1. The highest BCUT2D eigenvalue weighted by atomic mass is 32.2. The standard InChI is InChI=1S/C46H51N9O10S3/c1-46(2,3)65-45(57)48-24-32(28-56)52-67(58,59)39-23-22-36(37-8-7-9-38-41(37)49-44(47)66-38)40(43-50-53-55(51-43)27-31-14-20-35(64-6)21-15-31)42(39)68(60,61)54(25-29-10-16-33(62-4)17-11-29)26-30-12-18-34(63-5)19-13-30/h7-23,32,52,56H,24-28H2,1-6H3,(H2,47,49)(H,48,57)/t32-/m1/s1. The number of tetrazole rings is 1. The number of hydrogen-bond acceptors (Lipinski definition) is 16. The number of anilines is 1. The number of thiazole rings is 1. The molecule has 2 aromatic heterocycles. The number of nitrogens with two attached hydrogens (primary N) is 1. The number of nitrogens with one attached hydrogen (secondary N) is 2. The fraction of sp³-hybridized carbons (Fsp3) is 0.283. The first-order chi connectivity index (χ1) is 32.4. The highest BCUT2D eigenvalue weighted by Crippen LogP contribution is 2.44. The maximum absolute atomic E-state index is 16.1. The molecule has 0 bridgehead atoms. The molecule has 0 saturated carbocycles. The van der Waals surface area contributed by atoms with Crippen LogP contribution in [0.3, 0.4) is 0 Å². The van der Waals surface area contributed by atoms with Gasteiger partial charge >= 0.3 is 6.09 Å². The number of aliphatic hydroxyl groups excluding tert-OH is 1. The van der Waals surface area contributed by atoms with Gasteiger partial charge in [0, 0.05) is 25.2 Å². The third-order valence-corrected chi connectivity index (χ3v) is 14.8. The van der Waals surface area contributed by atoms with Crippen molar-refractivity contribution in [2.24, 2.45) is 0 Å². The van der Waals surface area contributed by atoms with E-state index in [0.717, 1.165) is 9.87 Å². The Morgan fingerprint density at radius 3 is 1.93 bits per heavy atom.